The molecule has 0 radical (unpaired) electrons. The highest BCUT2D eigenvalue weighted by molar-refractivity contribution is 6.24. The van der Waals surface area contributed by atoms with Gasteiger partial charge in [-0.05, 0) is 160 Å². The van der Waals surface area contributed by atoms with Gasteiger partial charge >= 0.3 is 0 Å². The van der Waals surface area contributed by atoms with Gasteiger partial charge in [0.25, 0.3) is 0 Å². The molecule has 22 aromatic rings. The SMILES string of the molecule is c1ccc(-c2ccc(-c3cccc(-n4c5ccccc5c5cc6c7cc8c(cc7n(-c7ccccc7)c6cc54)oc4ccccc48)c3)cc2)cc1.c1ccc(-c2cccc(-c3ccc(-n4c5ccccc5c5cc6c7cc8c(cc7n(-c7ccccc7)c6cc54)oc4ccccc48)cc3)c2)cc1. The molecule has 0 amide bonds. The summed E-state index contributed by atoms with van der Waals surface area (Å²) < 4.78 is 22.4. The van der Waals surface area contributed by atoms with Crippen LogP contribution in [0.25, 0.3) is 198 Å². The van der Waals surface area contributed by atoms with Gasteiger partial charge in [-0.1, -0.05) is 237 Å². The molecule has 0 N–H and O–H groups in total. The topological polar surface area (TPSA) is 46.0 Å². The van der Waals surface area contributed by atoms with Crippen molar-refractivity contribution in [2.45, 2.75) is 0 Å². The largest absolute Gasteiger partial charge is 0.456 e. The van der Waals surface area contributed by atoms with E-state index in [1.807, 2.05) is 12.1 Å². The van der Waals surface area contributed by atoms with Crippen LogP contribution >= 0.6 is 0 Å². The highest BCUT2D eigenvalue weighted by Crippen LogP contribution is 2.46. The molecule has 22 rings (SSSR count). The van der Waals surface area contributed by atoms with Crippen LogP contribution in [0.2, 0.25) is 0 Å². The molecule has 0 atom stereocenters. The first-order valence-corrected chi connectivity index (χ1v) is 34.9. The summed E-state index contributed by atoms with van der Waals surface area (Å²) in [6, 6.07) is 131. The van der Waals surface area contributed by atoms with Crippen molar-refractivity contribution in [3.63, 3.8) is 0 Å². The summed E-state index contributed by atoms with van der Waals surface area (Å²) in [6.07, 6.45) is 0. The molecule has 16 aromatic carbocycles. The summed E-state index contributed by atoms with van der Waals surface area (Å²) in [7, 11) is 0. The van der Waals surface area contributed by atoms with Gasteiger partial charge in [0.15, 0.2) is 0 Å². The molecular weight excluding hydrogens is 1240 g/mol. The van der Waals surface area contributed by atoms with Crippen molar-refractivity contribution < 1.29 is 8.83 Å². The Labute approximate surface area is 585 Å². The number of hydrogen-bond acceptors (Lipinski definition) is 2. The maximum absolute atomic E-state index is 6.40. The van der Waals surface area contributed by atoms with Crippen LogP contribution in [0, 0.1) is 0 Å². The van der Waals surface area contributed by atoms with Gasteiger partial charge in [-0.2, -0.15) is 0 Å². The van der Waals surface area contributed by atoms with E-state index >= 15 is 0 Å². The normalized spacial score (nSPS) is 11.9. The average Bonchev–Trinajstić information content (AvgIpc) is 1.55. The van der Waals surface area contributed by atoms with E-state index < -0.39 is 0 Å². The zero-order valence-electron chi connectivity index (χ0n) is 55.2. The minimum Gasteiger partial charge on any atom is -0.456 e. The first-order valence-electron chi connectivity index (χ1n) is 34.9. The first-order chi connectivity index (χ1) is 50.6. The van der Waals surface area contributed by atoms with Gasteiger partial charge in [-0.25, -0.2) is 0 Å². The van der Waals surface area contributed by atoms with Gasteiger partial charge in [0.05, 0.1) is 44.1 Å². The Morgan fingerprint density at radius 1 is 0.137 bits per heavy atom. The van der Waals surface area contributed by atoms with Gasteiger partial charge in [-0.15, -0.1) is 0 Å². The fourth-order valence-corrected chi connectivity index (χ4v) is 16.3. The Hall–Kier alpha value is -13.7. The molecule has 0 saturated carbocycles. The molecule has 6 aromatic heterocycles. The number of hydrogen-bond donors (Lipinski definition) is 0. The van der Waals surface area contributed by atoms with Crippen LogP contribution in [-0.2, 0) is 0 Å². The van der Waals surface area contributed by atoms with Crippen LogP contribution in [0.4, 0.5) is 0 Å². The van der Waals surface area contributed by atoms with E-state index in [0.29, 0.717) is 0 Å². The Balaban J connectivity index is 0.000000133. The maximum Gasteiger partial charge on any atom is 0.137 e. The van der Waals surface area contributed by atoms with Crippen LogP contribution in [0.15, 0.2) is 373 Å². The van der Waals surface area contributed by atoms with Crippen LogP contribution in [0.1, 0.15) is 0 Å². The Morgan fingerprint density at radius 2 is 0.422 bits per heavy atom. The number of benzene rings is 16. The minimum absolute atomic E-state index is 0.900. The van der Waals surface area contributed by atoms with E-state index in [2.05, 4.69) is 370 Å². The van der Waals surface area contributed by atoms with Crippen LogP contribution < -0.4 is 0 Å². The smallest absolute Gasteiger partial charge is 0.137 e. The number of aromatic nitrogens is 4. The fraction of sp³-hybridized carbons (Fsp3) is 0. The summed E-state index contributed by atoms with van der Waals surface area (Å²) >= 11 is 0. The summed E-state index contributed by atoms with van der Waals surface area (Å²) in [5, 5.41) is 14.4. The van der Waals surface area contributed by atoms with Crippen molar-refractivity contribution >= 4 is 131 Å². The van der Waals surface area contributed by atoms with Crippen molar-refractivity contribution in [1.29, 1.82) is 0 Å². The van der Waals surface area contributed by atoms with E-state index in [9.17, 15) is 0 Å². The molecule has 6 nitrogen and oxygen atoms in total. The molecule has 6 heteroatoms. The number of furan rings is 2. The second kappa shape index (κ2) is 23.0. The van der Waals surface area contributed by atoms with E-state index in [0.717, 1.165) is 83.2 Å². The number of para-hydroxylation sites is 6. The molecule has 0 fully saturated rings. The summed E-state index contributed by atoms with van der Waals surface area (Å²) in [5.74, 6) is 0. The third-order valence-corrected chi connectivity index (χ3v) is 21.0. The van der Waals surface area contributed by atoms with Gasteiger partial charge in [0.2, 0.25) is 0 Å². The molecule has 0 aliphatic heterocycles. The molecular formula is C96H60N4O2. The van der Waals surface area contributed by atoms with Crippen molar-refractivity contribution in [3.8, 4) is 67.3 Å². The van der Waals surface area contributed by atoms with Crippen LogP contribution in [-0.4, -0.2) is 18.3 Å². The molecule has 6 heterocycles. The molecule has 102 heavy (non-hydrogen) atoms. The third-order valence-electron chi connectivity index (χ3n) is 21.0. The highest BCUT2D eigenvalue weighted by Gasteiger charge is 2.24. The molecule has 0 spiro atoms. The highest BCUT2D eigenvalue weighted by atomic mass is 16.3. The summed E-state index contributed by atoms with van der Waals surface area (Å²) in [6.45, 7) is 0. The van der Waals surface area contributed by atoms with Crippen molar-refractivity contribution in [1.82, 2.24) is 18.3 Å². The average molecular weight is 1300 g/mol. The molecule has 0 bridgehead atoms. The monoisotopic (exact) mass is 1300 g/mol. The lowest BCUT2D eigenvalue weighted by Gasteiger charge is -2.12. The van der Waals surface area contributed by atoms with E-state index in [1.165, 1.54) is 115 Å². The molecule has 0 aliphatic rings. The Kier molecular flexibility index (Phi) is 12.9. The summed E-state index contributed by atoms with van der Waals surface area (Å²) in [4.78, 5) is 0. The van der Waals surface area contributed by atoms with Gasteiger partial charge < -0.3 is 27.1 Å². The molecule has 0 saturated heterocycles. The Bertz CT molecular complexity index is 7070. The lowest BCUT2D eigenvalue weighted by Crippen LogP contribution is -1.96. The van der Waals surface area contributed by atoms with Crippen molar-refractivity contribution in [2.24, 2.45) is 0 Å². The zero-order chi connectivity index (χ0) is 66.9. The van der Waals surface area contributed by atoms with Crippen LogP contribution in [0.3, 0.4) is 0 Å². The lowest BCUT2D eigenvalue weighted by molar-refractivity contribution is 0.669. The van der Waals surface area contributed by atoms with Crippen molar-refractivity contribution in [3.05, 3.63) is 364 Å². The van der Waals surface area contributed by atoms with Gasteiger partial charge in [0.1, 0.15) is 22.3 Å². The van der Waals surface area contributed by atoms with E-state index in [1.54, 1.807) is 0 Å². The van der Waals surface area contributed by atoms with Crippen molar-refractivity contribution in [2.75, 3.05) is 0 Å². The zero-order valence-corrected chi connectivity index (χ0v) is 55.2. The first kappa shape index (κ1) is 57.4. The van der Waals surface area contributed by atoms with E-state index in [-0.39, 0.29) is 0 Å². The standard InChI is InChI=1S/2C48H30N2O/c1-3-12-31(13-4-1)33-14-11-15-34(26-33)32-22-24-36(25-23-32)49-43-20-9-7-18-37(43)39-27-40-41-28-42-38-19-8-10-21-47(38)51-48(42)30-46(41)50(45(40)29-44(39)49)35-16-5-2-6-17-35;1-3-12-31(13-4-1)32-22-24-33(25-23-32)34-14-11-17-36(26-34)50-43-20-9-7-18-37(43)39-27-40-41-28-42-38-19-8-10-21-47(38)51-48(42)30-46(41)49(45(40)29-44(39)50)35-15-5-2-6-16-35/h2*1-30H. The maximum atomic E-state index is 6.40. The quantitative estimate of drug-likeness (QED) is 0.152. The predicted octanol–water partition coefficient (Wildman–Crippen LogP) is 26.2. The number of fused-ring (bicyclic) bond motifs is 18. The number of nitrogens with zero attached hydrogens (tertiary/aromatic N) is 4. The molecule has 0 aliphatic carbocycles. The predicted molar refractivity (Wildman–Crippen MR) is 427 cm³/mol. The van der Waals surface area contributed by atoms with Gasteiger partial charge in [0, 0.05) is 99.5 Å². The molecule has 0 unspecified atom stereocenters. The number of rotatable bonds is 8. The third kappa shape index (κ3) is 9.13. The minimum atomic E-state index is 0.900. The molecule has 476 valence electrons. The second-order valence-electron chi connectivity index (χ2n) is 26.7. The summed E-state index contributed by atoms with van der Waals surface area (Å²) in [5.41, 5.74) is 27.1. The van der Waals surface area contributed by atoms with Gasteiger partial charge in [-0.3, -0.25) is 0 Å². The lowest BCUT2D eigenvalue weighted by atomic mass is 9.99. The Morgan fingerprint density at radius 3 is 0.892 bits per heavy atom. The fourth-order valence-electron chi connectivity index (χ4n) is 16.3. The van der Waals surface area contributed by atoms with E-state index in [4.69, 9.17) is 8.83 Å². The van der Waals surface area contributed by atoms with Crippen LogP contribution in [0.5, 0.6) is 0 Å². The second-order valence-corrected chi connectivity index (χ2v) is 26.7.